The number of aryl methyl sites for hydroxylation is 1. The van der Waals surface area contributed by atoms with Gasteiger partial charge in [0.15, 0.2) is 0 Å². The first-order valence-corrected chi connectivity index (χ1v) is 11.9. The van der Waals surface area contributed by atoms with E-state index < -0.39 is 0 Å². The highest BCUT2D eigenvalue weighted by Gasteiger charge is 2.28. The van der Waals surface area contributed by atoms with E-state index in [0.717, 1.165) is 75.5 Å². The van der Waals surface area contributed by atoms with Crippen LogP contribution in [-0.4, -0.2) is 53.5 Å². The Kier molecular flexibility index (Phi) is 6.12. The van der Waals surface area contributed by atoms with Gasteiger partial charge >= 0.3 is 0 Å². The normalized spacial score (nSPS) is 20.2. The van der Waals surface area contributed by atoms with Crippen molar-refractivity contribution in [3.05, 3.63) is 59.7 Å². The van der Waals surface area contributed by atoms with E-state index in [9.17, 15) is 4.79 Å². The maximum atomic E-state index is 12.8. The second-order valence-corrected chi connectivity index (χ2v) is 9.46. The van der Waals surface area contributed by atoms with Gasteiger partial charge in [-0.2, -0.15) is 0 Å². The van der Waals surface area contributed by atoms with Crippen LogP contribution in [-0.2, 0) is 11.3 Å². The molecule has 1 amide bonds. The van der Waals surface area contributed by atoms with Gasteiger partial charge in [0.05, 0.1) is 11.0 Å². The number of hydrogen-bond acceptors (Lipinski definition) is 4. The third-order valence-electron chi connectivity index (χ3n) is 7.00. The zero-order chi connectivity index (χ0) is 21.9. The first-order chi connectivity index (χ1) is 15.6. The average Bonchev–Trinajstić information content (AvgIpc) is 3.46. The number of fused-ring (bicyclic) bond motifs is 1. The molecule has 6 heteroatoms. The molecule has 32 heavy (non-hydrogen) atoms. The summed E-state index contributed by atoms with van der Waals surface area (Å²) in [6.45, 7) is 7.85. The Morgan fingerprint density at radius 3 is 2.62 bits per heavy atom. The molecule has 0 unspecified atom stereocenters. The number of aromatic amines is 1. The van der Waals surface area contributed by atoms with Crippen LogP contribution in [0, 0.1) is 18.8 Å². The summed E-state index contributed by atoms with van der Waals surface area (Å²) in [6.07, 6.45) is 2.93. The average molecular weight is 432 g/mol. The van der Waals surface area contributed by atoms with E-state index in [4.69, 9.17) is 4.98 Å². The Bertz CT molecular complexity index is 1020. The van der Waals surface area contributed by atoms with E-state index >= 15 is 0 Å². The largest absolute Gasteiger partial charge is 0.356 e. The summed E-state index contributed by atoms with van der Waals surface area (Å²) in [4.78, 5) is 25.7. The SMILES string of the molecule is Cc1ccc(CN2CC[C@@H](CNC(=O)C3CCN(c4nc5ccccc5[nH]4)CC3)C2)cc1. The lowest BCUT2D eigenvalue weighted by Crippen LogP contribution is -2.42. The summed E-state index contributed by atoms with van der Waals surface area (Å²) in [5.41, 5.74) is 4.74. The minimum Gasteiger partial charge on any atom is -0.356 e. The van der Waals surface area contributed by atoms with Crippen LogP contribution in [0.1, 0.15) is 30.4 Å². The van der Waals surface area contributed by atoms with Crippen molar-refractivity contribution in [2.75, 3.05) is 37.6 Å². The number of aromatic nitrogens is 2. The highest BCUT2D eigenvalue weighted by molar-refractivity contribution is 5.79. The Hall–Kier alpha value is -2.86. The number of nitrogens with one attached hydrogen (secondary N) is 2. The number of rotatable bonds is 6. The van der Waals surface area contributed by atoms with Crippen LogP contribution >= 0.6 is 0 Å². The van der Waals surface area contributed by atoms with Gasteiger partial charge in [0.1, 0.15) is 0 Å². The number of piperidine rings is 1. The van der Waals surface area contributed by atoms with Crippen LogP contribution in [0.15, 0.2) is 48.5 Å². The molecule has 0 aliphatic carbocycles. The molecule has 0 bridgehead atoms. The number of para-hydroxylation sites is 2. The van der Waals surface area contributed by atoms with Crippen molar-refractivity contribution in [3.8, 4) is 0 Å². The summed E-state index contributed by atoms with van der Waals surface area (Å²) in [6, 6.07) is 16.9. The number of carbonyl (C=O) groups is 1. The Balaban J connectivity index is 1.05. The molecule has 0 radical (unpaired) electrons. The zero-order valence-corrected chi connectivity index (χ0v) is 18.9. The van der Waals surface area contributed by atoms with E-state index in [-0.39, 0.29) is 11.8 Å². The van der Waals surface area contributed by atoms with Gasteiger partial charge in [0.2, 0.25) is 11.9 Å². The topological polar surface area (TPSA) is 64.3 Å². The predicted molar refractivity (Wildman–Crippen MR) is 129 cm³/mol. The molecule has 168 valence electrons. The zero-order valence-electron chi connectivity index (χ0n) is 18.9. The second kappa shape index (κ2) is 9.33. The molecule has 3 heterocycles. The molecule has 6 nitrogen and oxygen atoms in total. The molecule has 2 aliphatic heterocycles. The summed E-state index contributed by atoms with van der Waals surface area (Å²) < 4.78 is 0. The quantitative estimate of drug-likeness (QED) is 0.624. The van der Waals surface area contributed by atoms with Crippen molar-refractivity contribution >= 4 is 22.9 Å². The highest BCUT2D eigenvalue weighted by atomic mass is 16.1. The van der Waals surface area contributed by atoms with Crippen LogP contribution in [0.25, 0.3) is 11.0 Å². The Morgan fingerprint density at radius 1 is 1.06 bits per heavy atom. The van der Waals surface area contributed by atoms with Gasteiger partial charge in [-0.1, -0.05) is 42.0 Å². The molecule has 0 spiro atoms. The molecule has 0 saturated carbocycles. The number of hydrogen-bond donors (Lipinski definition) is 2. The van der Waals surface area contributed by atoms with Gasteiger partial charge in [-0.3, -0.25) is 9.69 Å². The maximum Gasteiger partial charge on any atom is 0.223 e. The number of likely N-dealkylation sites (tertiary alicyclic amines) is 1. The van der Waals surface area contributed by atoms with Gasteiger partial charge in [0.25, 0.3) is 0 Å². The summed E-state index contributed by atoms with van der Waals surface area (Å²) >= 11 is 0. The summed E-state index contributed by atoms with van der Waals surface area (Å²) in [7, 11) is 0. The van der Waals surface area contributed by atoms with Crippen molar-refractivity contribution in [2.24, 2.45) is 11.8 Å². The number of imidazole rings is 1. The number of amides is 1. The van der Waals surface area contributed by atoms with Crippen molar-refractivity contribution in [2.45, 2.75) is 32.7 Å². The highest BCUT2D eigenvalue weighted by Crippen LogP contribution is 2.24. The monoisotopic (exact) mass is 431 g/mol. The third kappa shape index (κ3) is 4.80. The lowest BCUT2D eigenvalue weighted by Gasteiger charge is -2.31. The molecule has 1 atom stereocenters. The Morgan fingerprint density at radius 2 is 1.84 bits per heavy atom. The number of nitrogens with zero attached hydrogens (tertiary/aromatic N) is 3. The molecular formula is C26H33N5O. The van der Waals surface area contributed by atoms with E-state index in [1.807, 2.05) is 18.2 Å². The third-order valence-corrected chi connectivity index (χ3v) is 7.00. The first-order valence-electron chi connectivity index (χ1n) is 11.9. The van der Waals surface area contributed by atoms with E-state index in [2.05, 4.69) is 57.4 Å². The number of anilines is 1. The predicted octanol–water partition coefficient (Wildman–Crippen LogP) is 3.73. The molecule has 2 aliphatic rings. The van der Waals surface area contributed by atoms with Gasteiger partial charge in [-0.05, 0) is 56.3 Å². The maximum absolute atomic E-state index is 12.8. The van der Waals surface area contributed by atoms with Crippen LogP contribution in [0.4, 0.5) is 5.95 Å². The molecule has 2 fully saturated rings. The Labute approximate surface area is 190 Å². The van der Waals surface area contributed by atoms with Gasteiger partial charge in [-0.25, -0.2) is 4.98 Å². The minimum atomic E-state index is 0.112. The van der Waals surface area contributed by atoms with E-state index in [1.165, 1.54) is 11.1 Å². The van der Waals surface area contributed by atoms with Crippen molar-refractivity contribution < 1.29 is 4.79 Å². The molecule has 2 N–H and O–H groups in total. The fourth-order valence-electron chi connectivity index (χ4n) is 5.01. The fourth-order valence-corrected chi connectivity index (χ4v) is 5.01. The van der Waals surface area contributed by atoms with E-state index in [0.29, 0.717) is 5.92 Å². The smallest absolute Gasteiger partial charge is 0.223 e. The van der Waals surface area contributed by atoms with Gasteiger partial charge in [-0.15, -0.1) is 0 Å². The second-order valence-electron chi connectivity index (χ2n) is 9.46. The minimum absolute atomic E-state index is 0.112. The van der Waals surface area contributed by atoms with Crippen LogP contribution < -0.4 is 10.2 Å². The lowest BCUT2D eigenvalue weighted by atomic mass is 9.96. The summed E-state index contributed by atoms with van der Waals surface area (Å²) in [5.74, 6) is 1.82. The summed E-state index contributed by atoms with van der Waals surface area (Å²) in [5, 5.41) is 3.25. The van der Waals surface area contributed by atoms with E-state index in [1.54, 1.807) is 0 Å². The van der Waals surface area contributed by atoms with Crippen molar-refractivity contribution in [3.63, 3.8) is 0 Å². The van der Waals surface area contributed by atoms with Crippen molar-refractivity contribution in [1.82, 2.24) is 20.2 Å². The molecule has 2 aromatic carbocycles. The van der Waals surface area contributed by atoms with Crippen molar-refractivity contribution in [1.29, 1.82) is 0 Å². The van der Waals surface area contributed by atoms with Crippen LogP contribution in [0.3, 0.4) is 0 Å². The first kappa shape index (κ1) is 21.0. The molecule has 3 aromatic rings. The number of carbonyl (C=O) groups excluding carboxylic acids is 1. The van der Waals surface area contributed by atoms with Gasteiger partial charge in [0, 0.05) is 38.6 Å². The lowest BCUT2D eigenvalue weighted by molar-refractivity contribution is -0.125. The standard InChI is InChI=1S/C26H33N5O/c1-19-6-8-20(9-7-19)17-30-13-10-21(18-30)16-27-25(32)22-11-14-31(15-12-22)26-28-23-4-2-3-5-24(23)29-26/h2-9,21-22H,10-18H2,1H3,(H,27,32)(H,28,29)/t21-/m0/s1. The number of H-pyrrole nitrogens is 1. The van der Waals surface area contributed by atoms with Gasteiger partial charge < -0.3 is 15.2 Å². The molecular weight excluding hydrogens is 398 g/mol. The molecule has 5 rings (SSSR count). The molecule has 2 saturated heterocycles. The van der Waals surface area contributed by atoms with Crippen LogP contribution in [0.5, 0.6) is 0 Å². The van der Waals surface area contributed by atoms with Crippen LogP contribution in [0.2, 0.25) is 0 Å². The molecule has 1 aromatic heterocycles. The number of benzene rings is 2. The fraction of sp³-hybridized carbons (Fsp3) is 0.462.